The first-order valence-electron chi connectivity index (χ1n) is 8.85. The van der Waals surface area contributed by atoms with E-state index in [-0.39, 0.29) is 12.2 Å². The fraction of sp³-hybridized carbons (Fsp3) is 0.182. The van der Waals surface area contributed by atoms with E-state index < -0.39 is 0 Å². The molecule has 1 fully saturated rings. The average Bonchev–Trinajstić information content (AvgIpc) is 3.06. The summed E-state index contributed by atoms with van der Waals surface area (Å²) in [6.07, 6.45) is -0.305. The van der Waals surface area contributed by atoms with Crippen molar-refractivity contribution in [1.82, 2.24) is 5.06 Å². The van der Waals surface area contributed by atoms with E-state index in [2.05, 4.69) is 4.90 Å². The lowest BCUT2D eigenvalue weighted by atomic mass is 10.1. The zero-order chi connectivity index (χ0) is 18.8. The second kappa shape index (κ2) is 7.61. The van der Waals surface area contributed by atoms with E-state index in [9.17, 15) is 5.21 Å². The zero-order valence-electron chi connectivity index (χ0n) is 15.0. The number of halogens is 1. The molecule has 1 aliphatic rings. The number of methoxy groups -OCH3 is 1. The first kappa shape index (κ1) is 17.9. The molecule has 138 valence electrons. The van der Waals surface area contributed by atoms with Crippen molar-refractivity contribution >= 4 is 17.3 Å². The van der Waals surface area contributed by atoms with Crippen LogP contribution in [0.5, 0.6) is 5.75 Å². The van der Waals surface area contributed by atoms with Gasteiger partial charge in [-0.05, 0) is 47.5 Å². The number of hydrogen-bond donors (Lipinski definition) is 1. The van der Waals surface area contributed by atoms with Crippen LogP contribution >= 0.6 is 11.6 Å². The van der Waals surface area contributed by atoms with Gasteiger partial charge in [-0.15, -0.1) is 0 Å². The molecule has 0 aromatic heterocycles. The number of anilines is 1. The molecule has 3 aromatic carbocycles. The van der Waals surface area contributed by atoms with E-state index in [0.717, 1.165) is 22.6 Å². The van der Waals surface area contributed by atoms with Crippen LogP contribution in [0.1, 0.15) is 23.3 Å². The van der Waals surface area contributed by atoms with E-state index >= 15 is 0 Å². The second-order valence-electron chi connectivity index (χ2n) is 6.58. The summed E-state index contributed by atoms with van der Waals surface area (Å²) in [4.78, 5) is 2.19. The Morgan fingerprint density at radius 3 is 2.19 bits per heavy atom. The first-order valence-corrected chi connectivity index (χ1v) is 9.23. The molecule has 0 spiro atoms. The molecule has 3 aromatic rings. The highest BCUT2D eigenvalue weighted by Gasteiger charge is 2.40. The maximum Gasteiger partial charge on any atom is 0.132 e. The van der Waals surface area contributed by atoms with Crippen molar-refractivity contribution in [3.8, 4) is 5.75 Å². The molecule has 0 amide bonds. The van der Waals surface area contributed by atoms with Crippen LogP contribution in [0.4, 0.5) is 5.69 Å². The molecule has 4 rings (SSSR count). The minimum absolute atomic E-state index is 0.131. The quantitative estimate of drug-likeness (QED) is 0.666. The lowest BCUT2D eigenvalue weighted by molar-refractivity contribution is -0.135. The largest absolute Gasteiger partial charge is 0.497 e. The predicted octanol–water partition coefficient (Wildman–Crippen LogP) is 5.30. The SMILES string of the molecule is COc1ccc(N2CC(c3ccccc3)N(O)C2c2ccc(Cl)cc2)cc1. The van der Waals surface area contributed by atoms with E-state index in [1.165, 1.54) is 5.06 Å². The Labute approximate surface area is 164 Å². The van der Waals surface area contributed by atoms with E-state index in [1.54, 1.807) is 7.11 Å². The Morgan fingerprint density at radius 1 is 0.889 bits per heavy atom. The predicted molar refractivity (Wildman–Crippen MR) is 107 cm³/mol. The molecule has 4 nitrogen and oxygen atoms in total. The molecule has 0 bridgehead atoms. The van der Waals surface area contributed by atoms with Crippen molar-refractivity contribution in [3.63, 3.8) is 0 Å². The number of ether oxygens (including phenoxy) is 1. The molecule has 0 radical (unpaired) electrons. The van der Waals surface area contributed by atoms with Crippen LogP contribution in [0.15, 0.2) is 78.9 Å². The number of benzene rings is 3. The highest BCUT2D eigenvalue weighted by molar-refractivity contribution is 6.30. The summed E-state index contributed by atoms with van der Waals surface area (Å²) in [5, 5.41) is 13.2. The van der Waals surface area contributed by atoms with Gasteiger partial charge in [0.05, 0.1) is 13.2 Å². The molecule has 0 saturated carbocycles. The van der Waals surface area contributed by atoms with Gasteiger partial charge >= 0.3 is 0 Å². The number of hydrogen-bond acceptors (Lipinski definition) is 4. The van der Waals surface area contributed by atoms with Gasteiger partial charge in [0.15, 0.2) is 0 Å². The van der Waals surface area contributed by atoms with Crippen molar-refractivity contribution in [2.75, 3.05) is 18.6 Å². The van der Waals surface area contributed by atoms with Gasteiger partial charge in [0.25, 0.3) is 0 Å². The van der Waals surface area contributed by atoms with Gasteiger partial charge in [-0.2, -0.15) is 5.06 Å². The Morgan fingerprint density at radius 2 is 1.56 bits per heavy atom. The summed E-state index contributed by atoms with van der Waals surface area (Å²) in [5.74, 6) is 0.807. The molecule has 2 atom stereocenters. The van der Waals surface area contributed by atoms with Gasteiger partial charge in [-0.3, -0.25) is 0 Å². The standard InChI is InChI=1S/C22H21ClN2O2/c1-27-20-13-11-19(12-14-20)24-15-21(16-5-3-2-4-6-16)25(26)22(24)17-7-9-18(23)10-8-17/h2-14,21-22,26H,15H2,1H3. The fourth-order valence-corrected chi connectivity index (χ4v) is 3.73. The third-order valence-corrected chi connectivity index (χ3v) is 5.24. The van der Waals surface area contributed by atoms with Gasteiger partial charge in [-0.25, -0.2) is 0 Å². The summed E-state index contributed by atoms with van der Waals surface area (Å²) in [6.45, 7) is 0.667. The van der Waals surface area contributed by atoms with Gasteiger partial charge in [0, 0.05) is 17.3 Å². The maximum atomic E-state index is 11.1. The average molecular weight is 381 g/mol. The third-order valence-electron chi connectivity index (χ3n) is 4.99. The molecule has 2 unspecified atom stereocenters. The minimum atomic E-state index is -0.305. The highest BCUT2D eigenvalue weighted by Crippen LogP contribution is 2.42. The number of nitrogens with zero attached hydrogens (tertiary/aromatic N) is 2. The zero-order valence-corrected chi connectivity index (χ0v) is 15.8. The molecular weight excluding hydrogens is 360 g/mol. The van der Waals surface area contributed by atoms with Gasteiger partial charge in [0.1, 0.15) is 11.9 Å². The lowest BCUT2D eigenvalue weighted by Gasteiger charge is -2.29. The topological polar surface area (TPSA) is 35.9 Å². The Hall–Kier alpha value is -2.53. The number of rotatable bonds is 4. The van der Waals surface area contributed by atoms with Crippen molar-refractivity contribution in [2.45, 2.75) is 12.2 Å². The lowest BCUT2D eigenvalue weighted by Crippen LogP contribution is -2.29. The summed E-state index contributed by atoms with van der Waals surface area (Å²) < 4.78 is 5.28. The Kier molecular flexibility index (Phi) is 5.03. The molecule has 1 aliphatic heterocycles. The molecule has 1 saturated heterocycles. The van der Waals surface area contributed by atoms with Crippen molar-refractivity contribution in [3.05, 3.63) is 95.0 Å². The molecule has 1 N–H and O–H groups in total. The Bertz CT molecular complexity index is 884. The summed E-state index contributed by atoms with van der Waals surface area (Å²) >= 11 is 6.06. The highest BCUT2D eigenvalue weighted by atomic mass is 35.5. The minimum Gasteiger partial charge on any atom is -0.497 e. The van der Waals surface area contributed by atoms with Crippen LogP contribution in [-0.4, -0.2) is 23.9 Å². The molecular formula is C22H21ClN2O2. The van der Waals surface area contributed by atoms with Crippen LogP contribution in [0, 0.1) is 0 Å². The summed E-state index contributed by atoms with van der Waals surface area (Å²) in [6, 6.07) is 25.5. The van der Waals surface area contributed by atoms with Crippen LogP contribution in [0.2, 0.25) is 5.02 Å². The first-order chi connectivity index (χ1) is 13.2. The molecule has 1 heterocycles. The van der Waals surface area contributed by atoms with Gasteiger partial charge in [0.2, 0.25) is 0 Å². The fourth-order valence-electron chi connectivity index (χ4n) is 3.60. The van der Waals surface area contributed by atoms with Crippen LogP contribution < -0.4 is 9.64 Å². The van der Waals surface area contributed by atoms with Crippen LogP contribution in [0.25, 0.3) is 0 Å². The normalized spacial score (nSPS) is 20.0. The van der Waals surface area contributed by atoms with Crippen molar-refractivity contribution < 1.29 is 9.94 Å². The van der Waals surface area contributed by atoms with Crippen LogP contribution in [-0.2, 0) is 0 Å². The Balaban J connectivity index is 1.74. The molecule has 0 aliphatic carbocycles. The van der Waals surface area contributed by atoms with Gasteiger partial charge in [-0.1, -0.05) is 54.1 Å². The summed E-state index contributed by atoms with van der Waals surface area (Å²) in [5.41, 5.74) is 3.08. The summed E-state index contributed by atoms with van der Waals surface area (Å²) in [7, 11) is 1.66. The number of hydroxylamine groups is 2. The maximum absolute atomic E-state index is 11.1. The van der Waals surface area contributed by atoms with Crippen LogP contribution in [0.3, 0.4) is 0 Å². The second-order valence-corrected chi connectivity index (χ2v) is 7.02. The third kappa shape index (κ3) is 3.52. The smallest absolute Gasteiger partial charge is 0.132 e. The molecule has 27 heavy (non-hydrogen) atoms. The monoisotopic (exact) mass is 380 g/mol. The van der Waals surface area contributed by atoms with E-state index in [0.29, 0.717) is 11.6 Å². The van der Waals surface area contributed by atoms with Crippen molar-refractivity contribution in [2.24, 2.45) is 0 Å². The van der Waals surface area contributed by atoms with Crippen molar-refractivity contribution in [1.29, 1.82) is 0 Å². The van der Waals surface area contributed by atoms with E-state index in [4.69, 9.17) is 16.3 Å². The molecule has 5 heteroatoms. The van der Waals surface area contributed by atoms with Gasteiger partial charge < -0.3 is 14.8 Å². The van der Waals surface area contributed by atoms with E-state index in [1.807, 2.05) is 78.9 Å².